The molecule has 0 radical (unpaired) electrons. The highest BCUT2D eigenvalue weighted by Crippen LogP contribution is 2.23. The maximum atomic E-state index is 12.4. The van der Waals surface area contributed by atoms with E-state index in [4.69, 9.17) is 0 Å². The molecule has 1 fully saturated rings. The zero-order valence-corrected chi connectivity index (χ0v) is 12.9. The van der Waals surface area contributed by atoms with Gasteiger partial charge in [-0.3, -0.25) is 14.4 Å². The van der Waals surface area contributed by atoms with Crippen LogP contribution in [0.25, 0.3) is 0 Å². The van der Waals surface area contributed by atoms with E-state index in [1.165, 1.54) is 18.3 Å². The van der Waals surface area contributed by atoms with E-state index in [1.54, 1.807) is 11.8 Å². The van der Waals surface area contributed by atoms with Crippen molar-refractivity contribution in [3.8, 4) is 0 Å². The SMILES string of the molecule is CC(=O)NC(CC(=O)N1CCNC(=O)C1C)c1cccs1. The fraction of sp³-hybridized carbons (Fsp3) is 0.500. The molecule has 2 unspecified atom stereocenters. The van der Waals surface area contributed by atoms with Crippen molar-refractivity contribution in [2.45, 2.75) is 32.4 Å². The van der Waals surface area contributed by atoms with Gasteiger partial charge in [0.25, 0.3) is 0 Å². The van der Waals surface area contributed by atoms with Gasteiger partial charge < -0.3 is 15.5 Å². The van der Waals surface area contributed by atoms with Crippen LogP contribution in [0.2, 0.25) is 0 Å². The Morgan fingerprint density at radius 2 is 2.33 bits per heavy atom. The first-order valence-electron chi connectivity index (χ1n) is 6.86. The van der Waals surface area contributed by atoms with Crippen LogP contribution in [0.4, 0.5) is 0 Å². The fourth-order valence-electron chi connectivity index (χ4n) is 2.37. The normalized spacial score (nSPS) is 19.8. The van der Waals surface area contributed by atoms with Gasteiger partial charge in [0.2, 0.25) is 17.7 Å². The van der Waals surface area contributed by atoms with Crippen LogP contribution in [0.1, 0.15) is 31.2 Å². The van der Waals surface area contributed by atoms with Crippen LogP contribution in [0, 0.1) is 0 Å². The molecule has 1 aromatic heterocycles. The molecule has 6 nitrogen and oxygen atoms in total. The van der Waals surface area contributed by atoms with Gasteiger partial charge in [-0.05, 0) is 18.4 Å². The number of amides is 3. The Kier molecular flexibility index (Phi) is 4.95. The average molecular weight is 309 g/mol. The largest absolute Gasteiger partial charge is 0.353 e. The third kappa shape index (κ3) is 3.81. The molecule has 1 aromatic rings. The van der Waals surface area contributed by atoms with Gasteiger partial charge in [0.1, 0.15) is 6.04 Å². The molecule has 0 bridgehead atoms. The van der Waals surface area contributed by atoms with Gasteiger partial charge in [-0.1, -0.05) is 6.07 Å². The topological polar surface area (TPSA) is 78.5 Å². The van der Waals surface area contributed by atoms with Crippen LogP contribution in [0.15, 0.2) is 17.5 Å². The summed E-state index contributed by atoms with van der Waals surface area (Å²) in [6.45, 7) is 4.12. The van der Waals surface area contributed by atoms with Crippen molar-refractivity contribution >= 4 is 29.1 Å². The van der Waals surface area contributed by atoms with E-state index < -0.39 is 6.04 Å². The van der Waals surface area contributed by atoms with Gasteiger partial charge in [-0.2, -0.15) is 0 Å². The molecule has 3 amide bonds. The minimum atomic E-state index is -0.465. The molecule has 7 heteroatoms. The van der Waals surface area contributed by atoms with Crippen molar-refractivity contribution in [1.29, 1.82) is 0 Å². The Morgan fingerprint density at radius 1 is 1.57 bits per heavy atom. The van der Waals surface area contributed by atoms with Crippen LogP contribution in [0.3, 0.4) is 0 Å². The van der Waals surface area contributed by atoms with Gasteiger partial charge in [0.05, 0.1) is 12.5 Å². The lowest BCUT2D eigenvalue weighted by atomic mass is 10.1. The number of carbonyl (C=O) groups excluding carboxylic acids is 3. The lowest BCUT2D eigenvalue weighted by Gasteiger charge is -2.33. The first kappa shape index (κ1) is 15.5. The number of thiophene rings is 1. The second-order valence-electron chi connectivity index (χ2n) is 5.03. The fourth-order valence-corrected chi connectivity index (χ4v) is 3.15. The minimum Gasteiger partial charge on any atom is -0.353 e. The maximum absolute atomic E-state index is 12.4. The molecule has 0 aromatic carbocycles. The summed E-state index contributed by atoms with van der Waals surface area (Å²) in [6.07, 6.45) is 0.164. The maximum Gasteiger partial charge on any atom is 0.242 e. The summed E-state index contributed by atoms with van der Waals surface area (Å²) in [5.74, 6) is -0.433. The van der Waals surface area contributed by atoms with Crippen molar-refractivity contribution in [1.82, 2.24) is 15.5 Å². The summed E-state index contributed by atoms with van der Waals surface area (Å²) < 4.78 is 0. The van der Waals surface area contributed by atoms with Gasteiger partial charge in [0.15, 0.2) is 0 Å². The number of hydrogen-bond acceptors (Lipinski definition) is 4. The number of hydrogen-bond donors (Lipinski definition) is 2. The van der Waals surface area contributed by atoms with Gasteiger partial charge in [0, 0.05) is 24.9 Å². The Morgan fingerprint density at radius 3 is 2.95 bits per heavy atom. The summed E-state index contributed by atoms with van der Waals surface area (Å²) in [5.41, 5.74) is 0. The summed E-state index contributed by atoms with van der Waals surface area (Å²) in [6, 6.07) is 2.97. The first-order chi connectivity index (χ1) is 9.99. The highest BCUT2D eigenvalue weighted by molar-refractivity contribution is 7.10. The van der Waals surface area contributed by atoms with Crippen LogP contribution < -0.4 is 10.6 Å². The Hall–Kier alpha value is -1.89. The predicted molar refractivity (Wildman–Crippen MR) is 79.7 cm³/mol. The molecule has 0 aliphatic carbocycles. The van der Waals surface area contributed by atoms with Gasteiger partial charge in [-0.25, -0.2) is 0 Å². The van der Waals surface area contributed by atoms with E-state index in [-0.39, 0.29) is 30.2 Å². The number of carbonyl (C=O) groups is 3. The Labute approximate surface area is 127 Å². The molecular formula is C14H19N3O3S. The van der Waals surface area contributed by atoms with Crippen LogP contribution >= 0.6 is 11.3 Å². The van der Waals surface area contributed by atoms with E-state index in [0.717, 1.165) is 4.88 Å². The van der Waals surface area contributed by atoms with E-state index in [0.29, 0.717) is 13.1 Å². The van der Waals surface area contributed by atoms with Crippen molar-refractivity contribution in [3.05, 3.63) is 22.4 Å². The molecule has 1 aliphatic rings. The van der Waals surface area contributed by atoms with Crippen LogP contribution in [-0.2, 0) is 14.4 Å². The van der Waals surface area contributed by atoms with Crippen LogP contribution in [0.5, 0.6) is 0 Å². The van der Waals surface area contributed by atoms with Crippen LogP contribution in [-0.4, -0.2) is 41.8 Å². The number of nitrogens with zero attached hydrogens (tertiary/aromatic N) is 1. The molecule has 2 rings (SSSR count). The molecule has 2 heterocycles. The Bertz CT molecular complexity index is 530. The monoisotopic (exact) mass is 309 g/mol. The predicted octanol–water partition coefficient (Wildman–Crippen LogP) is 0.662. The summed E-state index contributed by atoms with van der Waals surface area (Å²) in [7, 11) is 0. The lowest BCUT2D eigenvalue weighted by Crippen LogP contribution is -2.56. The molecule has 0 saturated carbocycles. The van der Waals surface area contributed by atoms with E-state index in [2.05, 4.69) is 10.6 Å². The summed E-state index contributed by atoms with van der Waals surface area (Å²) in [4.78, 5) is 37.9. The van der Waals surface area contributed by atoms with Crippen molar-refractivity contribution in [2.24, 2.45) is 0 Å². The second-order valence-corrected chi connectivity index (χ2v) is 6.01. The quantitative estimate of drug-likeness (QED) is 0.858. The average Bonchev–Trinajstić information content (AvgIpc) is 2.94. The molecule has 0 spiro atoms. The molecule has 21 heavy (non-hydrogen) atoms. The third-order valence-electron chi connectivity index (χ3n) is 3.46. The molecule has 1 saturated heterocycles. The number of nitrogens with one attached hydrogen (secondary N) is 2. The molecular weight excluding hydrogens is 290 g/mol. The number of rotatable bonds is 4. The van der Waals surface area contributed by atoms with E-state index in [9.17, 15) is 14.4 Å². The zero-order chi connectivity index (χ0) is 15.4. The molecule has 2 atom stereocenters. The third-order valence-corrected chi connectivity index (χ3v) is 4.45. The van der Waals surface area contributed by atoms with E-state index >= 15 is 0 Å². The standard InChI is InChI=1S/C14H19N3O3S/c1-9-14(20)15-5-6-17(9)13(19)8-11(16-10(2)18)12-4-3-7-21-12/h3-4,7,9,11H,5-6,8H2,1-2H3,(H,15,20)(H,16,18). The second kappa shape index (κ2) is 6.71. The summed E-state index contributed by atoms with van der Waals surface area (Å²) in [5, 5.41) is 7.44. The first-order valence-corrected chi connectivity index (χ1v) is 7.74. The van der Waals surface area contributed by atoms with Crippen molar-refractivity contribution < 1.29 is 14.4 Å². The lowest BCUT2D eigenvalue weighted by molar-refractivity contribution is -0.143. The molecule has 114 valence electrons. The van der Waals surface area contributed by atoms with Crippen molar-refractivity contribution in [2.75, 3.05) is 13.1 Å². The van der Waals surface area contributed by atoms with E-state index in [1.807, 2.05) is 17.5 Å². The summed E-state index contributed by atoms with van der Waals surface area (Å²) >= 11 is 1.50. The smallest absolute Gasteiger partial charge is 0.242 e. The van der Waals surface area contributed by atoms with Gasteiger partial charge >= 0.3 is 0 Å². The molecule has 2 N–H and O–H groups in total. The number of piperazine rings is 1. The highest BCUT2D eigenvalue weighted by Gasteiger charge is 2.31. The zero-order valence-electron chi connectivity index (χ0n) is 12.1. The molecule has 1 aliphatic heterocycles. The van der Waals surface area contributed by atoms with Gasteiger partial charge in [-0.15, -0.1) is 11.3 Å². The minimum absolute atomic E-state index is 0.121. The Balaban J connectivity index is 2.07. The highest BCUT2D eigenvalue weighted by atomic mass is 32.1. The van der Waals surface area contributed by atoms with Crippen molar-refractivity contribution in [3.63, 3.8) is 0 Å².